The third-order valence-corrected chi connectivity index (χ3v) is 4.60. The first-order valence-electron chi connectivity index (χ1n) is 6.65. The number of carbonyl (C=O) groups is 1. The van der Waals surface area contributed by atoms with Crippen LogP contribution in [-0.2, 0) is 5.75 Å². The van der Waals surface area contributed by atoms with E-state index in [2.05, 4.69) is 15.3 Å². The summed E-state index contributed by atoms with van der Waals surface area (Å²) in [6.07, 6.45) is 3.45. The number of pyridine rings is 1. The molecular formula is C16H13N3OS2. The van der Waals surface area contributed by atoms with Crippen LogP contribution in [0.1, 0.15) is 15.9 Å². The number of thiazole rings is 1. The topological polar surface area (TPSA) is 54.9 Å². The van der Waals surface area contributed by atoms with Gasteiger partial charge in [-0.3, -0.25) is 10.1 Å². The highest BCUT2D eigenvalue weighted by molar-refractivity contribution is 7.98. The third kappa shape index (κ3) is 3.93. The highest BCUT2D eigenvalue weighted by atomic mass is 32.2. The second-order valence-corrected chi connectivity index (χ2v) is 6.34. The molecule has 3 rings (SSSR count). The van der Waals surface area contributed by atoms with Crippen LogP contribution in [0.4, 0.5) is 5.13 Å². The van der Waals surface area contributed by atoms with Crippen LogP contribution < -0.4 is 5.32 Å². The molecule has 22 heavy (non-hydrogen) atoms. The van der Waals surface area contributed by atoms with E-state index >= 15 is 0 Å². The molecule has 0 spiro atoms. The van der Waals surface area contributed by atoms with Crippen LogP contribution in [-0.4, -0.2) is 15.9 Å². The fourth-order valence-corrected chi connectivity index (χ4v) is 3.14. The van der Waals surface area contributed by atoms with Crippen molar-refractivity contribution < 1.29 is 4.79 Å². The Morgan fingerprint density at radius 2 is 1.95 bits per heavy atom. The smallest absolute Gasteiger partial charge is 0.257 e. The number of nitrogens with zero attached hydrogens (tertiary/aromatic N) is 2. The van der Waals surface area contributed by atoms with Crippen molar-refractivity contribution in [1.29, 1.82) is 0 Å². The normalized spacial score (nSPS) is 10.4. The average molecular weight is 327 g/mol. The van der Waals surface area contributed by atoms with Crippen molar-refractivity contribution in [3.05, 3.63) is 71.4 Å². The van der Waals surface area contributed by atoms with Crippen molar-refractivity contribution in [3.63, 3.8) is 0 Å². The lowest BCUT2D eigenvalue weighted by molar-refractivity contribution is 0.102. The summed E-state index contributed by atoms with van der Waals surface area (Å²) in [5.74, 6) is 0.685. The monoisotopic (exact) mass is 327 g/mol. The van der Waals surface area contributed by atoms with Crippen molar-refractivity contribution in [2.24, 2.45) is 0 Å². The van der Waals surface area contributed by atoms with E-state index in [9.17, 15) is 4.79 Å². The zero-order valence-electron chi connectivity index (χ0n) is 11.6. The van der Waals surface area contributed by atoms with Crippen LogP contribution in [0.2, 0.25) is 0 Å². The Hall–Kier alpha value is -2.18. The van der Waals surface area contributed by atoms with E-state index in [4.69, 9.17) is 0 Å². The number of nitrogens with one attached hydrogen (secondary N) is 1. The van der Waals surface area contributed by atoms with Gasteiger partial charge in [0.05, 0.1) is 5.03 Å². The van der Waals surface area contributed by atoms with Crippen LogP contribution in [0.25, 0.3) is 0 Å². The number of amides is 1. The Labute approximate surface area is 136 Å². The molecular weight excluding hydrogens is 314 g/mol. The van der Waals surface area contributed by atoms with Gasteiger partial charge < -0.3 is 0 Å². The van der Waals surface area contributed by atoms with E-state index in [1.165, 1.54) is 11.3 Å². The maximum absolute atomic E-state index is 12.0. The zero-order valence-corrected chi connectivity index (χ0v) is 13.2. The van der Waals surface area contributed by atoms with Gasteiger partial charge in [0.15, 0.2) is 5.13 Å². The van der Waals surface area contributed by atoms with Crippen molar-refractivity contribution in [2.45, 2.75) is 10.8 Å². The number of anilines is 1. The summed E-state index contributed by atoms with van der Waals surface area (Å²) >= 11 is 3.07. The van der Waals surface area contributed by atoms with Gasteiger partial charge in [-0.05, 0) is 29.8 Å². The molecule has 0 aliphatic carbocycles. The molecule has 2 aromatic heterocycles. The van der Waals surface area contributed by atoms with Crippen LogP contribution in [0.3, 0.4) is 0 Å². The molecule has 6 heteroatoms. The molecule has 0 aliphatic rings. The highest BCUT2D eigenvalue weighted by Gasteiger charge is 2.07. The van der Waals surface area contributed by atoms with E-state index in [0.717, 1.165) is 16.3 Å². The number of rotatable bonds is 5. The molecule has 0 aliphatic heterocycles. The molecule has 2 heterocycles. The van der Waals surface area contributed by atoms with Gasteiger partial charge in [0.2, 0.25) is 0 Å². The summed E-state index contributed by atoms with van der Waals surface area (Å²) < 4.78 is 0. The summed E-state index contributed by atoms with van der Waals surface area (Å²) in [5.41, 5.74) is 1.78. The van der Waals surface area contributed by atoms with Gasteiger partial charge >= 0.3 is 0 Å². The SMILES string of the molecule is O=C(Nc1nccs1)c1ccc(CSc2ccccn2)cc1. The second-order valence-electron chi connectivity index (χ2n) is 4.44. The summed E-state index contributed by atoms with van der Waals surface area (Å²) in [5, 5.41) is 6.20. The van der Waals surface area contributed by atoms with E-state index < -0.39 is 0 Å². The summed E-state index contributed by atoms with van der Waals surface area (Å²) in [7, 11) is 0. The molecule has 0 unspecified atom stereocenters. The number of benzene rings is 1. The fraction of sp³-hybridized carbons (Fsp3) is 0.0625. The van der Waals surface area contributed by atoms with Crippen molar-refractivity contribution in [1.82, 2.24) is 9.97 Å². The lowest BCUT2D eigenvalue weighted by atomic mass is 10.1. The van der Waals surface area contributed by atoms with E-state index in [0.29, 0.717) is 10.7 Å². The standard InChI is InChI=1S/C16H13N3OS2/c20-15(19-16-18-9-10-21-16)13-6-4-12(5-7-13)11-22-14-3-1-2-8-17-14/h1-10H,11H2,(H,18,19,20). The molecule has 0 fully saturated rings. The molecule has 0 saturated carbocycles. The van der Waals surface area contributed by atoms with Crippen LogP contribution in [0.15, 0.2) is 65.3 Å². The van der Waals surface area contributed by atoms with Crippen molar-refractivity contribution >= 4 is 34.1 Å². The predicted molar refractivity (Wildman–Crippen MR) is 90.3 cm³/mol. The Morgan fingerprint density at radius 1 is 1.09 bits per heavy atom. The zero-order chi connectivity index (χ0) is 15.2. The van der Waals surface area contributed by atoms with E-state index in [1.807, 2.05) is 47.8 Å². The minimum Gasteiger partial charge on any atom is -0.298 e. The van der Waals surface area contributed by atoms with Gasteiger partial charge in [0.25, 0.3) is 5.91 Å². The largest absolute Gasteiger partial charge is 0.298 e. The van der Waals surface area contributed by atoms with E-state index in [1.54, 1.807) is 24.2 Å². The molecule has 1 amide bonds. The first-order valence-corrected chi connectivity index (χ1v) is 8.51. The first kappa shape index (κ1) is 14.7. The Bertz CT molecular complexity index is 728. The fourth-order valence-electron chi connectivity index (χ4n) is 1.80. The van der Waals surface area contributed by atoms with Gasteiger partial charge in [-0.15, -0.1) is 23.1 Å². The number of hydrogen-bond donors (Lipinski definition) is 1. The second kappa shape index (κ2) is 7.20. The number of hydrogen-bond acceptors (Lipinski definition) is 5. The maximum Gasteiger partial charge on any atom is 0.257 e. The summed E-state index contributed by atoms with van der Waals surface area (Å²) in [6.45, 7) is 0. The van der Waals surface area contributed by atoms with E-state index in [-0.39, 0.29) is 5.91 Å². The molecule has 110 valence electrons. The molecule has 3 aromatic rings. The van der Waals surface area contributed by atoms with Gasteiger partial charge in [-0.1, -0.05) is 18.2 Å². The minimum absolute atomic E-state index is 0.140. The summed E-state index contributed by atoms with van der Waals surface area (Å²) in [6, 6.07) is 13.5. The van der Waals surface area contributed by atoms with Crippen molar-refractivity contribution in [3.8, 4) is 0 Å². The molecule has 1 aromatic carbocycles. The van der Waals surface area contributed by atoms with Crippen LogP contribution in [0, 0.1) is 0 Å². The maximum atomic E-state index is 12.0. The molecule has 0 bridgehead atoms. The quantitative estimate of drug-likeness (QED) is 0.717. The Kier molecular flexibility index (Phi) is 4.82. The van der Waals surface area contributed by atoms with Gasteiger partial charge in [-0.25, -0.2) is 9.97 Å². The van der Waals surface area contributed by atoms with Crippen LogP contribution in [0.5, 0.6) is 0 Å². The summed E-state index contributed by atoms with van der Waals surface area (Å²) in [4.78, 5) is 20.4. The molecule has 0 atom stereocenters. The van der Waals surface area contributed by atoms with Crippen LogP contribution >= 0.6 is 23.1 Å². The highest BCUT2D eigenvalue weighted by Crippen LogP contribution is 2.20. The lowest BCUT2D eigenvalue weighted by Crippen LogP contribution is -2.11. The Morgan fingerprint density at radius 3 is 2.64 bits per heavy atom. The molecule has 4 nitrogen and oxygen atoms in total. The molecule has 0 saturated heterocycles. The average Bonchev–Trinajstić information content (AvgIpc) is 3.07. The predicted octanol–water partition coefficient (Wildman–Crippen LogP) is 4.08. The molecule has 0 radical (unpaired) electrons. The van der Waals surface area contributed by atoms with Crippen molar-refractivity contribution in [2.75, 3.05) is 5.32 Å². The van der Waals surface area contributed by atoms with Gasteiger partial charge in [-0.2, -0.15) is 0 Å². The number of carbonyl (C=O) groups excluding carboxylic acids is 1. The number of aromatic nitrogens is 2. The third-order valence-electron chi connectivity index (χ3n) is 2.89. The lowest BCUT2D eigenvalue weighted by Gasteiger charge is -2.04. The Balaban J connectivity index is 1.59. The van der Waals surface area contributed by atoms with Gasteiger partial charge in [0, 0.05) is 29.1 Å². The minimum atomic E-state index is -0.140. The molecule has 1 N–H and O–H groups in total. The first-order chi connectivity index (χ1) is 10.8. The van der Waals surface area contributed by atoms with Gasteiger partial charge in [0.1, 0.15) is 0 Å². The number of thioether (sulfide) groups is 1.